The molecule has 0 aliphatic rings. The highest BCUT2D eigenvalue weighted by Crippen LogP contribution is 2.27. The first-order valence-electron chi connectivity index (χ1n) is 7.34. The molecule has 0 atom stereocenters. The Bertz CT molecular complexity index is 564. The molecule has 2 aromatic carbocycles. The highest BCUT2D eigenvalue weighted by atomic mass is 16.5. The Morgan fingerprint density at radius 3 is 2.00 bits per heavy atom. The van der Waals surface area contributed by atoms with E-state index in [-0.39, 0.29) is 6.10 Å². The zero-order valence-electron chi connectivity index (χ0n) is 13.2. The van der Waals surface area contributed by atoms with E-state index in [2.05, 4.69) is 0 Å². The van der Waals surface area contributed by atoms with Crippen molar-refractivity contribution >= 4 is 0 Å². The first-order chi connectivity index (χ1) is 10.7. The van der Waals surface area contributed by atoms with Crippen molar-refractivity contribution in [1.29, 1.82) is 0 Å². The molecule has 0 saturated carbocycles. The summed E-state index contributed by atoms with van der Waals surface area (Å²) in [4.78, 5) is 0. The molecule has 0 aliphatic heterocycles. The second kappa shape index (κ2) is 8.17. The van der Waals surface area contributed by atoms with Crippen LogP contribution in [0.4, 0.5) is 0 Å². The van der Waals surface area contributed by atoms with E-state index in [0.717, 1.165) is 23.0 Å². The highest BCUT2D eigenvalue weighted by Gasteiger charge is 2.06. The van der Waals surface area contributed by atoms with E-state index in [1.54, 1.807) is 7.11 Å². The topological polar surface area (TPSA) is 36.9 Å². The standard InChI is InChI=1S/C18H22O4/c1-14(2)22-18-7-5-4-6-17(18)21-13-12-20-16-10-8-15(19-3)9-11-16/h4-11,14H,12-13H2,1-3H3. The van der Waals surface area contributed by atoms with Crippen LogP contribution in [0.2, 0.25) is 0 Å². The van der Waals surface area contributed by atoms with Gasteiger partial charge in [-0.1, -0.05) is 12.1 Å². The van der Waals surface area contributed by atoms with Crippen molar-refractivity contribution in [2.45, 2.75) is 20.0 Å². The third kappa shape index (κ3) is 4.88. The van der Waals surface area contributed by atoms with Crippen LogP contribution in [-0.4, -0.2) is 26.4 Å². The van der Waals surface area contributed by atoms with Gasteiger partial charge in [0.05, 0.1) is 13.2 Å². The summed E-state index contributed by atoms with van der Waals surface area (Å²) in [6.07, 6.45) is 0.111. The van der Waals surface area contributed by atoms with Gasteiger partial charge in [-0.25, -0.2) is 0 Å². The number of hydrogen-bond donors (Lipinski definition) is 0. The summed E-state index contributed by atoms with van der Waals surface area (Å²) in [7, 11) is 1.64. The zero-order valence-corrected chi connectivity index (χ0v) is 13.2. The molecule has 0 amide bonds. The molecule has 0 aliphatic carbocycles. The normalized spacial score (nSPS) is 10.4. The van der Waals surface area contributed by atoms with Gasteiger partial charge in [-0.05, 0) is 50.2 Å². The number of hydrogen-bond acceptors (Lipinski definition) is 4. The summed E-state index contributed by atoms with van der Waals surface area (Å²) >= 11 is 0. The smallest absolute Gasteiger partial charge is 0.161 e. The van der Waals surface area contributed by atoms with Crippen LogP contribution in [0.25, 0.3) is 0 Å². The van der Waals surface area contributed by atoms with Gasteiger partial charge in [-0.3, -0.25) is 0 Å². The molecule has 2 aromatic rings. The van der Waals surface area contributed by atoms with E-state index in [0.29, 0.717) is 13.2 Å². The lowest BCUT2D eigenvalue weighted by atomic mass is 10.3. The van der Waals surface area contributed by atoms with E-state index in [4.69, 9.17) is 18.9 Å². The molecule has 4 heteroatoms. The SMILES string of the molecule is COc1ccc(OCCOc2ccccc2OC(C)C)cc1. The molecule has 0 unspecified atom stereocenters. The number of rotatable bonds is 8. The van der Waals surface area contributed by atoms with Crippen LogP contribution in [0, 0.1) is 0 Å². The molecule has 0 bridgehead atoms. The molecule has 0 radical (unpaired) electrons. The monoisotopic (exact) mass is 302 g/mol. The summed E-state index contributed by atoms with van der Waals surface area (Å²) in [5, 5.41) is 0. The molecule has 0 fully saturated rings. The third-order valence-corrected chi connectivity index (χ3v) is 2.88. The lowest BCUT2D eigenvalue weighted by molar-refractivity contribution is 0.194. The molecule has 0 aromatic heterocycles. The minimum absolute atomic E-state index is 0.111. The quantitative estimate of drug-likeness (QED) is 0.692. The molecule has 22 heavy (non-hydrogen) atoms. The van der Waals surface area contributed by atoms with Gasteiger partial charge in [0.15, 0.2) is 11.5 Å². The van der Waals surface area contributed by atoms with Gasteiger partial charge in [0.2, 0.25) is 0 Å². The molecule has 0 saturated heterocycles. The van der Waals surface area contributed by atoms with Gasteiger partial charge in [0.25, 0.3) is 0 Å². The third-order valence-electron chi connectivity index (χ3n) is 2.88. The predicted molar refractivity (Wildman–Crippen MR) is 86.2 cm³/mol. The number of methoxy groups -OCH3 is 1. The van der Waals surface area contributed by atoms with Crippen LogP contribution >= 0.6 is 0 Å². The largest absolute Gasteiger partial charge is 0.497 e. The van der Waals surface area contributed by atoms with Crippen molar-refractivity contribution in [1.82, 2.24) is 0 Å². The van der Waals surface area contributed by atoms with Crippen molar-refractivity contribution in [3.8, 4) is 23.0 Å². The van der Waals surface area contributed by atoms with Gasteiger partial charge in [0.1, 0.15) is 24.7 Å². The second-order valence-electron chi connectivity index (χ2n) is 4.99. The van der Waals surface area contributed by atoms with Gasteiger partial charge in [-0.2, -0.15) is 0 Å². The summed E-state index contributed by atoms with van der Waals surface area (Å²) in [5.74, 6) is 3.08. The summed E-state index contributed by atoms with van der Waals surface area (Å²) in [6, 6.07) is 15.1. The minimum Gasteiger partial charge on any atom is -0.497 e. The van der Waals surface area contributed by atoms with Crippen molar-refractivity contribution in [3.05, 3.63) is 48.5 Å². The maximum atomic E-state index is 5.73. The Hall–Kier alpha value is -2.36. The van der Waals surface area contributed by atoms with Crippen LogP contribution in [0.3, 0.4) is 0 Å². The fraction of sp³-hybridized carbons (Fsp3) is 0.333. The molecular weight excluding hydrogens is 280 g/mol. The van der Waals surface area contributed by atoms with E-state index in [1.807, 2.05) is 62.4 Å². The lowest BCUT2D eigenvalue weighted by Gasteiger charge is -2.15. The van der Waals surface area contributed by atoms with Gasteiger partial charge in [0, 0.05) is 0 Å². The Labute approximate surface area is 131 Å². The van der Waals surface area contributed by atoms with Crippen LogP contribution in [0.1, 0.15) is 13.8 Å². The van der Waals surface area contributed by atoms with Crippen molar-refractivity contribution in [3.63, 3.8) is 0 Å². The molecule has 4 nitrogen and oxygen atoms in total. The van der Waals surface area contributed by atoms with Crippen molar-refractivity contribution in [2.24, 2.45) is 0 Å². The molecular formula is C18H22O4. The first kappa shape index (κ1) is 16.0. The van der Waals surface area contributed by atoms with Crippen LogP contribution in [0.15, 0.2) is 48.5 Å². The van der Waals surface area contributed by atoms with Gasteiger partial charge < -0.3 is 18.9 Å². The van der Waals surface area contributed by atoms with Gasteiger partial charge >= 0.3 is 0 Å². The number of para-hydroxylation sites is 2. The Morgan fingerprint density at radius 1 is 0.773 bits per heavy atom. The van der Waals surface area contributed by atoms with E-state index >= 15 is 0 Å². The van der Waals surface area contributed by atoms with Crippen LogP contribution in [-0.2, 0) is 0 Å². The van der Waals surface area contributed by atoms with Crippen LogP contribution < -0.4 is 18.9 Å². The van der Waals surface area contributed by atoms with E-state index < -0.39 is 0 Å². The van der Waals surface area contributed by atoms with Crippen molar-refractivity contribution < 1.29 is 18.9 Å². The maximum Gasteiger partial charge on any atom is 0.161 e. The molecule has 118 valence electrons. The Morgan fingerprint density at radius 2 is 1.36 bits per heavy atom. The maximum absolute atomic E-state index is 5.73. The average Bonchev–Trinajstić information content (AvgIpc) is 2.53. The van der Waals surface area contributed by atoms with E-state index in [9.17, 15) is 0 Å². The summed E-state index contributed by atoms with van der Waals surface area (Å²) in [6.45, 7) is 4.89. The van der Waals surface area contributed by atoms with Crippen LogP contribution in [0.5, 0.6) is 23.0 Å². The fourth-order valence-corrected chi connectivity index (χ4v) is 1.90. The molecule has 0 N–H and O–H groups in total. The number of ether oxygens (including phenoxy) is 4. The second-order valence-corrected chi connectivity index (χ2v) is 4.99. The fourth-order valence-electron chi connectivity index (χ4n) is 1.90. The number of benzene rings is 2. The van der Waals surface area contributed by atoms with Crippen molar-refractivity contribution in [2.75, 3.05) is 20.3 Å². The zero-order chi connectivity index (χ0) is 15.8. The lowest BCUT2D eigenvalue weighted by Crippen LogP contribution is -2.11. The van der Waals surface area contributed by atoms with E-state index in [1.165, 1.54) is 0 Å². The Kier molecular flexibility index (Phi) is 5.95. The molecule has 2 rings (SSSR count). The summed E-state index contributed by atoms with van der Waals surface area (Å²) in [5.41, 5.74) is 0. The summed E-state index contributed by atoms with van der Waals surface area (Å²) < 4.78 is 22.2. The minimum atomic E-state index is 0.111. The average molecular weight is 302 g/mol. The van der Waals surface area contributed by atoms with Gasteiger partial charge in [-0.15, -0.1) is 0 Å². The predicted octanol–water partition coefficient (Wildman–Crippen LogP) is 3.94. The molecule has 0 spiro atoms. The molecule has 0 heterocycles. The highest BCUT2D eigenvalue weighted by molar-refractivity contribution is 5.39. The Balaban J connectivity index is 1.81. The first-order valence-corrected chi connectivity index (χ1v) is 7.34.